The van der Waals surface area contributed by atoms with Crippen LogP contribution in [0.2, 0.25) is 0 Å². The van der Waals surface area contributed by atoms with E-state index >= 15 is 0 Å². The molecule has 0 aliphatic heterocycles. The number of carbonyl (C=O) groups is 2. The molecule has 3 nitrogen and oxygen atoms in total. The van der Waals surface area contributed by atoms with Gasteiger partial charge >= 0.3 is 0 Å². The van der Waals surface area contributed by atoms with Crippen molar-refractivity contribution in [2.45, 2.75) is 26.7 Å². The van der Waals surface area contributed by atoms with Crippen molar-refractivity contribution >= 4 is 29.0 Å². The van der Waals surface area contributed by atoms with E-state index in [1.54, 1.807) is 31.2 Å². The van der Waals surface area contributed by atoms with Crippen molar-refractivity contribution in [1.29, 1.82) is 0 Å². The fourth-order valence-corrected chi connectivity index (χ4v) is 1.60. The summed E-state index contributed by atoms with van der Waals surface area (Å²) in [6.45, 7) is 3.58. The molecule has 18 heavy (non-hydrogen) atoms. The van der Waals surface area contributed by atoms with Crippen LogP contribution in [-0.4, -0.2) is 11.7 Å². The predicted molar refractivity (Wildman–Crippen MR) is 73.9 cm³/mol. The number of halogens is 1. The Morgan fingerprint density at radius 3 is 2.72 bits per heavy atom. The highest BCUT2D eigenvalue weighted by molar-refractivity contribution is 6.31. The number of ketones is 1. The molecule has 0 atom stereocenters. The first-order valence-electron chi connectivity index (χ1n) is 5.81. The van der Waals surface area contributed by atoms with E-state index in [0.717, 1.165) is 6.42 Å². The normalized spacial score (nSPS) is 11.2. The third-order valence-electron chi connectivity index (χ3n) is 2.26. The van der Waals surface area contributed by atoms with Gasteiger partial charge < -0.3 is 5.32 Å². The van der Waals surface area contributed by atoms with Gasteiger partial charge in [-0.2, -0.15) is 0 Å². The van der Waals surface area contributed by atoms with Crippen LogP contribution in [0.3, 0.4) is 0 Å². The van der Waals surface area contributed by atoms with Gasteiger partial charge in [-0.1, -0.05) is 30.7 Å². The lowest BCUT2D eigenvalue weighted by molar-refractivity contribution is -0.111. The van der Waals surface area contributed by atoms with Crippen molar-refractivity contribution in [2.24, 2.45) is 0 Å². The average Bonchev–Trinajstić information content (AvgIpc) is 2.28. The first kappa shape index (κ1) is 14.5. The number of amides is 1. The summed E-state index contributed by atoms with van der Waals surface area (Å²) in [7, 11) is 0. The summed E-state index contributed by atoms with van der Waals surface area (Å²) < 4.78 is 0. The molecule has 1 rings (SSSR count). The molecule has 1 aromatic rings. The van der Waals surface area contributed by atoms with Crippen molar-refractivity contribution in [3.05, 3.63) is 40.9 Å². The van der Waals surface area contributed by atoms with Gasteiger partial charge in [-0.15, -0.1) is 0 Å². The van der Waals surface area contributed by atoms with E-state index in [0.29, 0.717) is 22.7 Å². The Kier molecular flexibility index (Phi) is 5.59. The van der Waals surface area contributed by atoms with Crippen LogP contribution < -0.4 is 5.32 Å². The van der Waals surface area contributed by atoms with E-state index in [9.17, 15) is 9.59 Å². The van der Waals surface area contributed by atoms with Crippen molar-refractivity contribution in [3.8, 4) is 0 Å². The Morgan fingerprint density at radius 1 is 1.39 bits per heavy atom. The van der Waals surface area contributed by atoms with Gasteiger partial charge in [0.2, 0.25) is 5.91 Å². The topological polar surface area (TPSA) is 46.2 Å². The highest BCUT2D eigenvalue weighted by Crippen LogP contribution is 2.13. The molecule has 96 valence electrons. The Balaban J connectivity index is 2.79. The SMILES string of the molecule is CCCC(=O)c1cccc(NC(=O)C=C(C)Cl)c1. The Hall–Kier alpha value is -1.61. The smallest absolute Gasteiger partial charge is 0.249 e. The van der Waals surface area contributed by atoms with Crippen molar-refractivity contribution in [3.63, 3.8) is 0 Å². The van der Waals surface area contributed by atoms with Crippen LogP contribution in [-0.2, 0) is 4.79 Å². The van der Waals surface area contributed by atoms with Crippen molar-refractivity contribution in [1.82, 2.24) is 0 Å². The van der Waals surface area contributed by atoms with E-state index in [1.165, 1.54) is 6.08 Å². The highest BCUT2D eigenvalue weighted by atomic mass is 35.5. The first-order chi connectivity index (χ1) is 8.52. The zero-order chi connectivity index (χ0) is 13.5. The molecule has 0 aliphatic carbocycles. The van der Waals surface area contributed by atoms with Crippen LogP contribution >= 0.6 is 11.6 Å². The maximum Gasteiger partial charge on any atom is 0.249 e. The number of allylic oxidation sites excluding steroid dienone is 1. The molecule has 0 heterocycles. The molecule has 0 fully saturated rings. The molecule has 0 spiro atoms. The molecule has 0 radical (unpaired) electrons. The third kappa shape index (κ3) is 4.72. The van der Waals surface area contributed by atoms with Crippen LogP contribution in [0.1, 0.15) is 37.0 Å². The fraction of sp³-hybridized carbons (Fsp3) is 0.286. The molecule has 1 amide bonds. The van der Waals surface area contributed by atoms with Gasteiger partial charge in [0.25, 0.3) is 0 Å². The maximum absolute atomic E-state index is 11.7. The second-order valence-electron chi connectivity index (χ2n) is 3.97. The molecule has 1 N–H and O–H groups in total. The molecule has 1 aromatic carbocycles. The van der Waals surface area contributed by atoms with Gasteiger partial charge in [0.15, 0.2) is 5.78 Å². The molecule has 0 aliphatic rings. The lowest BCUT2D eigenvalue weighted by Crippen LogP contribution is -2.09. The Labute approximate surface area is 112 Å². The van der Waals surface area contributed by atoms with Gasteiger partial charge in [0, 0.05) is 28.8 Å². The summed E-state index contributed by atoms with van der Waals surface area (Å²) in [5.74, 6) is -0.222. The van der Waals surface area contributed by atoms with Crippen molar-refractivity contribution in [2.75, 3.05) is 5.32 Å². The summed E-state index contributed by atoms with van der Waals surface area (Å²) >= 11 is 5.61. The fourth-order valence-electron chi connectivity index (χ4n) is 1.50. The molecule has 0 saturated carbocycles. The Morgan fingerprint density at radius 2 is 2.11 bits per heavy atom. The van der Waals surface area contributed by atoms with Crippen LogP contribution in [0.25, 0.3) is 0 Å². The monoisotopic (exact) mass is 265 g/mol. The molecule has 4 heteroatoms. The number of carbonyl (C=O) groups excluding carboxylic acids is 2. The van der Waals surface area contributed by atoms with Crippen molar-refractivity contribution < 1.29 is 9.59 Å². The third-order valence-corrected chi connectivity index (χ3v) is 2.37. The molecule has 0 unspecified atom stereocenters. The summed E-state index contributed by atoms with van der Waals surface area (Å²) in [4.78, 5) is 23.2. The number of rotatable bonds is 5. The standard InChI is InChI=1S/C14H16ClNO2/c1-3-5-13(17)11-6-4-7-12(9-11)16-14(18)8-10(2)15/h4,6-9H,3,5H2,1-2H3,(H,16,18). The quantitative estimate of drug-likeness (QED) is 0.651. The lowest BCUT2D eigenvalue weighted by atomic mass is 10.1. The van der Waals surface area contributed by atoms with Gasteiger partial charge in [-0.05, 0) is 25.5 Å². The minimum Gasteiger partial charge on any atom is -0.322 e. The van der Waals surface area contributed by atoms with E-state index in [4.69, 9.17) is 11.6 Å². The van der Waals surface area contributed by atoms with E-state index < -0.39 is 0 Å². The number of hydrogen-bond donors (Lipinski definition) is 1. The summed E-state index contributed by atoms with van der Waals surface area (Å²) in [6, 6.07) is 6.90. The number of hydrogen-bond acceptors (Lipinski definition) is 2. The predicted octanol–water partition coefficient (Wildman–Crippen LogP) is 3.75. The van der Waals surface area contributed by atoms with E-state index in [2.05, 4.69) is 5.32 Å². The zero-order valence-electron chi connectivity index (χ0n) is 10.5. The first-order valence-corrected chi connectivity index (χ1v) is 6.18. The second-order valence-corrected chi connectivity index (χ2v) is 4.57. The van der Waals surface area contributed by atoms with Gasteiger partial charge in [0.05, 0.1) is 0 Å². The van der Waals surface area contributed by atoms with Gasteiger partial charge in [0.1, 0.15) is 0 Å². The summed E-state index contributed by atoms with van der Waals surface area (Å²) in [5, 5.41) is 3.07. The van der Waals surface area contributed by atoms with E-state index in [-0.39, 0.29) is 11.7 Å². The zero-order valence-corrected chi connectivity index (χ0v) is 11.3. The summed E-state index contributed by atoms with van der Waals surface area (Å²) in [6.07, 6.45) is 2.61. The van der Waals surface area contributed by atoms with Crippen LogP contribution in [0.15, 0.2) is 35.4 Å². The molecule has 0 saturated heterocycles. The highest BCUT2D eigenvalue weighted by Gasteiger charge is 2.06. The minimum atomic E-state index is -0.303. The second kappa shape index (κ2) is 6.97. The summed E-state index contributed by atoms with van der Waals surface area (Å²) in [5.41, 5.74) is 1.21. The largest absolute Gasteiger partial charge is 0.322 e. The van der Waals surface area contributed by atoms with Crippen LogP contribution in [0, 0.1) is 0 Å². The maximum atomic E-state index is 11.7. The molecular weight excluding hydrogens is 250 g/mol. The number of anilines is 1. The molecule has 0 bridgehead atoms. The minimum absolute atomic E-state index is 0.0812. The number of benzene rings is 1. The van der Waals surface area contributed by atoms with Gasteiger partial charge in [-0.3, -0.25) is 9.59 Å². The lowest BCUT2D eigenvalue weighted by Gasteiger charge is -2.05. The van der Waals surface area contributed by atoms with E-state index in [1.807, 2.05) is 6.92 Å². The van der Waals surface area contributed by atoms with Crippen LogP contribution in [0.5, 0.6) is 0 Å². The van der Waals surface area contributed by atoms with Crippen LogP contribution in [0.4, 0.5) is 5.69 Å². The average molecular weight is 266 g/mol. The molecule has 0 aromatic heterocycles. The number of Topliss-reactive ketones (excluding diaryl/α,β-unsaturated/α-hetero) is 1. The van der Waals surface area contributed by atoms with Gasteiger partial charge in [-0.25, -0.2) is 0 Å². The Bertz CT molecular complexity index is 476. The molecular formula is C14H16ClNO2. The number of nitrogens with one attached hydrogen (secondary N) is 1.